The van der Waals surface area contributed by atoms with Crippen molar-refractivity contribution in [3.63, 3.8) is 0 Å². The first-order valence-electron chi connectivity index (χ1n) is 8.13. The van der Waals surface area contributed by atoms with Crippen molar-refractivity contribution < 1.29 is 0 Å². The zero-order valence-corrected chi connectivity index (χ0v) is 12.9. The molecule has 2 fully saturated rings. The molecule has 1 N–H and O–H groups in total. The molecule has 0 spiro atoms. The number of aryl methyl sites for hydroxylation is 1. The van der Waals surface area contributed by atoms with Crippen LogP contribution in [-0.4, -0.2) is 25.1 Å². The maximum Gasteiger partial charge on any atom is 0.129 e. The summed E-state index contributed by atoms with van der Waals surface area (Å²) in [5.41, 5.74) is 2.49. The van der Waals surface area contributed by atoms with E-state index in [1.165, 1.54) is 56.6 Å². The summed E-state index contributed by atoms with van der Waals surface area (Å²) in [4.78, 5) is 7.30. The third kappa shape index (κ3) is 2.98. The van der Waals surface area contributed by atoms with Crippen LogP contribution in [0.15, 0.2) is 12.1 Å². The monoisotopic (exact) mass is 273 g/mol. The molecule has 1 saturated heterocycles. The van der Waals surface area contributed by atoms with Gasteiger partial charge in [0.1, 0.15) is 5.82 Å². The second kappa shape index (κ2) is 6.13. The molecule has 110 valence electrons. The number of hydrogen-bond acceptors (Lipinski definition) is 3. The van der Waals surface area contributed by atoms with Crippen LogP contribution < -0.4 is 10.2 Å². The molecule has 1 saturated carbocycles. The Bertz CT molecular complexity index is 458. The van der Waals surface area contributed by atoms with Crippen molar-refractivity contribution in [3.05, 3.63) is 23.4 Å². The second-order valence-corrected chi connectivity index (χ2v) is 6.54. The first-order valence-corrected chi connectivity index (χ1v) is 8.13. The van der Waals surface area contributed by atoms with Crippen LogP contribution in [0.25, 0.3) is 0 Å². The number of nitrogens with zero attached hydrogens (tertiary/aromatic N) is 2. The van der Waals surface area contributed by atoms with Gasteiger partial charge in [0.15, 0.2) is 0 Å². The van der Waals surface area contributed by atoms with E-state index >= 15 is 0 Å². The van der Waals surface area contributed by atoms with Crippen LogP contribution in [0.2, 0.25) is 0 Å². The number of nitrogens with one attached hydrogen (secondary N) is 1. The maximum absolute atomic E-state index is 4.78. The van der Waals surface area contributed by atoms with Crippen molar-refractivity contribution in [1.82, 2.24) is 10.3 Å². The fraction of sp³-hybridized carbons (Fsp3) is 0.706. The van der Waals surface area contributed by atoms with E-state index in [4.69, 9.17) is 4.98 Å². The van der Waals surface area contributed by atoms with E-state index < -0.39 is 0 Å². The van der Waals surface area contributed by atoms with Crippen molar-refractivity contribution in [3.8, 4) is 0 Å². The van der Waals surface area contributed by atoms with Gasteiger partial charge in [0, 0.05) is 25.3 Å². The van der Waals surface area contributed by atoms with Gasteiger partial charge in [-0.1, -0.05) is 19.3 Å². The highest BCUT2D eigenvalue weighted by atomic mass is 15.2. The van der Waals surface area contributed by atoms with E-state index in [1.807, 2.05) is 7.05 Å². The molecule has 1 aliphatic heterocycles. The molecule has 3 rings (SSSR count). The van der Waals surface area contributed by atoms with E-state index in [9.17, 15) is 0 Å². The van der Waals surface area contributed by atoms with Gasteiger partial charge in [-0.25, -0.2) is 4.98 Å². The fourth-order valence-corrected chi connectivity index (χ4v) is 4.00. The quantitative estimate of drug-likeness (QED) is 0.917. The summed E-state index contributed by atoms with van der Waals surface area (Å²) >= 11 is 0. The van der Waals surface area contributed by atoms with E-state index in [1.54, 1.807) is 0 Å². The molecule has 2 heterocycles. The summed E-state index contributed by atoms with van der Waals surface area (Å²) in [6, 6.07) is 4.46. The Morgan fingerprint density at radius 1 is 1.20 bits per heavy atom. The van der Waals surface area contributed by atoms with Crippen molar-refractivity contribution in [2.24, 2.45) is 11.8 Å². The Balaban J connectivity index is 1.75. The Labute approximate surface area is 122 Å². The van der Waals surface area contributed by atoms with Crippen LogP contribution in [0.1, 0.15) is 43.4 Å². The van der Waals surface area contributed by atoms with Crippen LogP contribution in [0.4, 0.5) is 5.82 Å². The Morgan fingerprint density at radius 3 is 2.80 bits per heavy atom. The van der Waals surface area contributed by atoms with E-state index in [-0.39, 0.29) is 0 Å². The molecule has 0 radical (unpaired) electrons. The standard InChI is InChI=1S/C17H27N3/c1-13-9-14(11-18-2)10-17(19-13)20-8-7-15-5-3-4-6-16(15)12-20/h9-10,15-16,18H,3-8,11-12H2,1-2H3. The van der Waals surface area contributed by atoms with E-state index in [0.717, 1.165) is 24.1 Å². The number of aromatic nitrogens is 1. The van der Waals surface area contributed by atoms with Gasteiger partial charge in [0.05, 0.1) is 0 Å². The number of hydrogen-bond donors (Lipinski definition) is 1. The third-order valence-electron chi connectivity index (χ3n) is 5.00. The summed E-state index contributed by atoms with van der Waals surface area (Å²) in [6.07, 6.45) is 7.14. The number of pyridine rings is 1. The Hall–Kier alpha value is -1.09. The molecule has 1 aromatic heterocycles. The highest BCUT2D eigenvalue weighted by molar-refractivity contribution is 5.43. The molecule has 2 atom stereocenters. The van der Waals surface area contributed by atoms with Crippen LogP contribution >= 0.6 is 0 Å². The zero-order valence-electron chi connectivity index (χ0n) is 12.9. The van der Waals surface area contributed by atoms with Gasteiger partial charge in [-0.05, 0) is 56.3 Å². The largest absolute Gasteiger partial charge is 0.356 e. The van der Waals surface area contributed by atoms with Crippen LogP contribution in [0.3, 0.4) is 0 Å². The van der Waals surface area contributed by atoms with Crippen LogP contribution in [0.5, 0.6) is 0 Å². The van der Waals surface area contributed by atoms with Crippen molar-refractivity contribution in [2.75, 3.05) is 25.0 Å². The summed E-state index contributed by atoms with van der Waals surface area (Å²) in [5.74, 6) is 3.09. The molecular formula is C17H27N3. The lowest BCUT2D eigenvalue weighted by molar-refractivity contribution is 0.202. The maximum atomic E-state index is 4.78. The Morgan fingerprint density at radius 2 is 2.00 bits per heavy atom. The third-order valence-corrected chi connectivity index (χ3v) is 5.00. The number of piperidine rings is 1. The van der Waals surface area contributed by atoms with E-state index in [2.05, 4.69) is 29.3 Å². The molecule has 0 amide bonds. The predicted octanol–water partition coefficient (Wildman–Crippen LogP) is 3.13. The summed E-state index contributed by atoms with van der Waals surface area (Å²) < 4.78 is 0. The lowest BCUT2D eigenvalue weighted by Gasteiger charge is -2.42. The average molecular weight is 273 g/mol. The SMILES string of the molecule is CNCc1cc(C)nc(N2CCC3CCCCC3C2)c1. The summed E-state index contributed by atoms with van der Waals surface area (Å²) in [5, 5.41) is 3.24. The van der Waals surface area contributed by atoms with Gasteiger partial charge >= 0.3 is 0 Å². The molecule has 2 aliphatic rings. The minimum atomic E-state index is 0.910. The molecule has 3 heteroatoms. The van der Waals surface area contributed by atoms with Crippen molar-refractivity contribution >= 4 is 5.82 Å². The van der Waals surface area contributed by atoms with Gasteiger partial charge in [-0.15, -0.1) is 0 Å². The normalized spacial score (nSPS) is 26.4. The Kier molecular flexibility index (Phi) is 4.25. The molecule has 1 aromatic rings. The van der Waals surface area contributed by atoms with Gasteiger partial charge in [-0.2, -0.15) is 0 Å². The lowest BCUT2D eigenvalue weighted by atomic mass is 9.75. The minimum Gasteiger partial charge on any atom is -0.356 e. The molecule has 3 nitrogen and oxygen atoms in total. The second-order valence-electron chi connectivity index (χ2n) is 6.54. The number of rotatable bonds is 3. The molecule has 0 aromatic carbocycles. The molecule has 0 bridgehead atoms. The number of fused-ring (bicyclic) bond motifs is 1. The highest BCUT2D eigenvalue weighted by Gasteiger charge is 2.31. The number of anilines is 1. The van der Waals surface area contributed by atoms with Crippen LogP contribution in [-0.2, 0) is 6.54 Å². The van der Waals surface area contributed by atoms with Gasteiger partial charge < -0.3 is 10.2 Å². The summed E-state index contributed by atoms with van der Waals surface area (Å²) in [6.45, 7) is 5.45. The van der Waals surface area contributed by atoms with Gasteiger partial charge in [0.2, 0.25) is 0 Å². The first kappa shape index (κ1) is 13.9. The van der Waals surface area contributed by atoms with E-state index in [0.29, 0.717) is 0 Å². The zero-order chi connectivity index (χ0) is 13.9. The molecule has 2 unspecified atom stereocenters. The smallest absolute Gasteiger partial charge is 0.129 e. The predicted molar refractivity (Wildman–Crippen MR) is 84.0 cm³/mol. The highest BCUT2D eigenvalue weighted by Crippen LogP contribution is 2.37. The molecule has 1 aliphatic carbocycles. The summed E-state index contributed by atoms with van der Waals surface area (Å²) in [7, 11) is 2.00. The fourth-order valence-electron chi connectivity index (χ4n) is 4.00. The van der Waals surface area contributed by atoms with Crippen molar-refractivity contribution in [2.45, 2.75) is 45.6 Å². The lowest BCUT2D eigenvalue weighted by Crippen LogP contribution is -2.42. The van der Waals surface area contributed by atoms with Crippen molar-refractivity contribution in [1.29, 1.82) is 0 Å². The van der Waals surface area contributed by atoms with Crippen LogP contribution in [0, 0.1) is 18.8 Å². The topological polar surface area (TPSA) is 28.2 Å². The molecule has 20 heavy (non-hydrogen) atoms. The first-order chi connectivity index (χ1) is 9.76. The molecular weight excluding hydrogens is 246 g/mol. The van der Waals surface area contributed by atoms with Gasteiger partial charge in [0.25, 0.3) is 0 Å². The average Bonchev–Trinajstić information content (AvgIpc) is 2.46. The van der Waals surface area contributed by atoms with Gasteiger partial charge in [-0.3, -0.25) is 0 Å². The minimum absolute atomic E-state index is 0.910.